The minimum atomic E-state index is -0.232. The summed E-state index contributed by atoms with van der Waals surface area (Å²) in [7, 11) is 0. The van der Waals surface area contributed by atoms with Crippen LogP contribution in [0.1, 0.15) is 21.6 Å². The van der Waals surface area contributed by atoms with E-state index in [1.807, 2.05) is 32.0 Å². The second-order valence-corrected chi connectivity index (χ2v) is 6.21. The molecule has 0 unspecified atom stereocenters. The Morgan fingerprint density at radius 3 is 2.67 bits per heavy atom. The van der Waals surface area contributed by atoms with Crippen molar-refractivity contribution in [2.75, 3.05) is 5.32 Å². The third-order valence-corrected chi connectivity index (χ3v) is 3.83. The highest BCUT2D eigenvalue weighted by atomic mass is 35.5. The van der Waals surface area contributed by atoms with Crippen LogP contribution in [0.4, 0.5) is 5.82 Å². The summed E-state index contributed by atoms with van der Waals surface area (Å²) >= 11 is 12.1. The van der Waals surface area contributed by atoms with Crippen LogP contribution in [0.3, 0.4) is 0 Å². The van der Waals surface area contributed by atoms with Crippen molar-refractivity contribution in [3.63, 3.8) is 0 Å². The van der Waals surface area contributed by atoms with E-state index >= 15 is 0 Å². The van der Waals surface area contributed by atoms with Gasteiger partial charge in [0.1, 0.15) is 5.82 Å². The van der Waals surface area contributed by atoms with Crippen LogP contribution in [0.25, 0.3) is 5.82 Å². The number of carbonyl (C=O) groups is 1. The summed E-state index contributed by atoms with van der Waals surface area (Å²) in [4.78, 5) is 16.7. The smallest absolute Gasteiger partial charge is 0.256 e. The van der Waals surface area contributed by atoms with Crippen LogP contribution >= 0.6 is 23.2 Å². The Morgan fingerprint density at radius 2 is 1.96 bits per heavy atom. The molecule has 3 aromatic rings. The average molecular weight is 361 g/mol. The largest absolute Gasteiger partial charge is 0.306 e. The van der Waals surface area contributed by atoms with Gasteiger partial charge in [0.05, 0.1) is 15.7 Å². The first-order chi connectivity index (χ1) is 11.4. The zero-order valence-corrected chi connectivity index (χ0v) is 14.6. The van der Waals surface area contributed by atoms with Gasteiger partial charge in [-0.05, 0) is 32.0 Å². The van der Waals surface area contributed by atoms with Gasteiger partial charge in [-0.2, -0.15) is 9.78 Å². The second-order valence-electron chi connectivity index (χ2n) is 5.37. The molecule has 122 valence electrons. The Labute approximate surface area is 149 Å². The van der Waals surface area contributed by atoms with Crippen LogP contribution in [-0.2, 0) is 0 Å². The number of halogens is 2. The molecule has 5 nitrogen and oxygen atoms in total. The third-order valence-electron chi connectivity index (χ3n) is 3.34. The molecule has 0 fully saturated rings. The van der Waals surface area contributed by atoms with Crippen molar-refractivity contribution < 1.29 is 4.79 Å². The van der Waals surface area contributed by atoms with Crippen LogP contribution in [-0.4, -0.2) is 20.7 Å². The number of anilines is 1. The number of hydrogen-bond donors (Lipinski definition) is 1. The lowest BCUT2D eigenvalue weighted by atomic mass is 10.1. The number of nitrogens with zero attached hydrogens (tertiary/aromatic N) is 3. The van der Waals surface area contributed by atoms with Gasteiger partial charge in [-0.1, -0.05) is 40.9 Å². The zero-order valence-electron chi connectivity index (χ0n) is 13.0. The number of hydrogen-bond acceptors (Lipinski definition) is 3. The molecule has 0 spiro atoms. The fourth-order valence-corrected chi connectivity index (χ4v) is 2.75. The highest BCUT2D eigenvalue weighted by Gasteiger charge is 2.15. The molecule has 0 aliphatic rings. The molecule has 0 aliphatic carbocycles. The summed E-state index contributed by atoms with van der Waals surface area (Å²) in [5.74, 6) is 0.648. The molecule has 0 saturated heterocycles. The normalized spacial score (nSPS) is 10.7. The lowest BCUT2D eigenvalue weighted by Gasteiger charge is -2.10. The maximum atomic E-state index is 12.5. The average Bonchev–Trinajstić information content (AvgIpc) is 2.87. The number of amides is 1. The SMILES string of the molecule is Cc1cccc(C(=O)Nc2cc(C)nn2-c2ncc(Cl)cc2Cl)c1. The quantitative estimate of drug-likeness (QED) is 0.750. The summed E-state index contributed by atoms with van der Waals surface area (Å²) < 4.78 is 1.49. The molecule has 0 saturated carbocycles. The second kappa shape index (κ2) is 6.63. The van der Waals surface area contributed by atoms with Gasteiger partial charge in [-0.3, -0.25) is 4.79 Å². The van der Waals surface area contributed by atoms with Gasteiger partial charge in [0.25, 0.3) is 5.91 Å². The number of pyridine rings is 1. The van der Waals surface area contributed by atoms with Crippen LogP contribution in [0.2, 0.25) is 10.0 Å². The molecular weight excluding hydrogens is 347 g/mol. The van der Waals surface area contributed by atoms with E-state index in [0.29, 0.717) is 27.2 Å². The van der Waals surface area contributed by atoms with Crippen LogP contribution < -0.4 is 5.32 Å². The third kappa shape index (κ3) is 3.42. The molecule has 0 bridgehead atoms. The van der Waals surface area contributed by atoms with Crippen LogP contribution in [0, 0.1) is 13.8 Å². The van der Waals surface area contributed by atoms with E-state index in [0.717, 1.165) is 11.3 Å². The predicted octanol–water partition coefficient (Wildman–Crippen LogP) is 4.44. The molecule has 0 radical (unpaired) electrons. The Bertz CT molecular complexity index is 921. The number of aromatic nitrogens is 3. The zero-order chi connectivity index (χ0) is 17.3. The van der Waals surface area contributed by atoms with Gasteiger partial charge in [-0.15, -0.1) is 0 Å². The first-order valence-corrected chi connectivity index (χ1v) is 7.96. The van der Waals surface area contributed by atoms with E-state index in [2.05, 4.69) is 15.4 Å². The van der Waals surface area contributed by atoms with E-state index < -0.39 is 0 Å². The summed E-state index contributed by atoms with van der Waals surface area (Å²) in [6.07, 6.45) is 1.48. The highest BCUT2D eigenvalue weighted by molar-refractivity contribution is 6.35. The maximum Gasteiger partial charge on any atom is 0.256 e. The van der Waals surface area contributed by atoms with E-state index in [4.69, 9.17) is 23.2 Å². The van der Waals surface area contributed by atoms with Gasteiger partial charge < -0.3 is 5.32 Å². The van der Waals surface area contributed by atoms with Crippen molar-refractivity contribution >= 4 is 34.9 Å². The topological polar surface area (TPSA) is 59.8 Å². The van der Waals surface area contributed by atoms with Gasteiger partial charge >= 0.3 is 0 Å². The summed E-state index contributed by atoms with van der Waals surface area (Å²) in [5.41, 5.74) is 2.30. The lowest BCUT2D eigenvalue weighted by Crippen LogP contribution is -2.15. The first kappa shape index (κ1) is 16.5. The maximum absolute atomic E-state index is 12.5. The fraction of sp³-hybridized carbons (Fsp3) is 0.118. The van der Waals surface area contributed by atoms with Gasteiger partial charge in [0, 0.05) is 17.8 Å². The van der Waals surface area contributed by atoms with Gasteiger partial charge in [0.15, 0.2) is 5.82 Å². The van der Waals surface area contributed by atoms with Crippen molar-refractivity contribution in [3.8, 4) is 5.82 Å². The predicted molar refractivity (Wildman–Crippen MR) is 95.2 cm³/mol. The van der Waals surface area contributed by atoms with Crippen molar-refractivity contribution in [2.24, 2.45) is 0 Å². The minimum absolute atomic E-state index is 0.232. The fourth-order valence-electron chi connectivity index (χ4n) is 2.29. The molecule has 2 aromatic heterocycles. The molecule has 2 heterocycles. The van der Waals surface area contributed by atoms with E-state index in [1.165, 1.54) is 10.9 Å². The number of rotatable bonds is 3. The Hall–Kier alpha value is -2.37. The molecule has 1 N–H and O–H groups in total. The van der Waals surface area contributed by atoms with Crippen molar-refractivity contribution in [1.82, 2.24) is 14.8 Å². The van der Waals surface area contributed by atoms with E-state index in [9.17, 15) is 4.79 Å². The number of benzene rings is 1. The van der Waals surface area contributed by atoms with Crippen LogP contribution in [0.5, 0.6) is 0 Å². The first-order valence-electron chi connectivity index (χ1n) is 7.20. The minimum Gasteiger partial charge on any atom is -0.306 e. The monoisotopic (exact) mass is 360 g/mol. The Balaban J connectivity index is 1.96. The molecule has 1 aromatic carbocycles. The molecule has 0 atom stereocenters. The van der Waals surface area contributed by atoms with Gasteiger partial charge in [-0.25, -0.2) is 4.98 Å². The molecule has 1 amide bonds. The van der Waals surface area contributed by atoms with E-state index in [-0.39, 0.29) is 5.91 Å². The summed E-state index contributed by atoms with van der Waals surface area (Å²) in [6, 6.07) is 10.7. The standard InChI is InChI=1S/C17H14Cl2N4O/c1-10-4-3-5-12(6-10)17(24)21-15-7-11(2)22-23(15)16-14(19)8-13(18)9-20-16/h3-9H,1-2H3,(H,21,24). The lowest BCUT2D eigenvalue weighted by molar-refractivity contribution is 0.102. The summed E-state index contributed by atoms with van der Waals surface area (Å²) in [5, 5.41) is 7.97. The van der Waals surface area contributed by atoms with E-state index in [1.54, 1.807) is 18.2 Å². The number of aryl methyl sites for hydroxylation is 2. The summed E-state index contributed by atoms with van der Waals surface area (Å²) in [6.45, 7) is 3.76. The highest BCUT2D eigenvalue weighted by Crippen LogP contribution is 2.25. The molecular formula is C17H14Cl2N4O. The molecule has 24 heavy (non-hydrogen) atoms. The van der Waals surface area contributed by atoms with Crippen LogP contribution in [0.15, 0.2) is 42.6 Å². The van der Waals surface area contributed by atoms with Gasteiger partial charge in [0.2, 0.25) is 0 Å². The molecule has 3 rings (SSSR count). The van der Waals surface area contributed by atoms with Crippen molar-refractivity contribution in [3.05, 3.63) is 69.5 Å². The van der Waals surface area contributed by atoms with Crippen molar-refractivity contribution in [2.45, 2.75) is 13.8 Å². The Morgan fingerprint density at radius 1 is 1.17 bits per heavy atom. The molecule has 7 heteroatoms. The van der Waals surface area contributed by atoms with Crippen molar-refractivity contribution in [1.29, 1.82) is 0 Å². The number of carbonyl (C=O) groups excluding carboxylic acids is 1. The number of nitrogens with one attached hydrogen (secondary N) is 1. The Kier molecular flexibility index (Phi) is 4.55. The molecule has 0 aliphatic heterocycles.